The summed E-state index contributed by atoms with van der Waals surface area (Å²) in [5.41, 5.74) is 1.17. The maximum atomic E-state index is 10.5. The highest BCUT2D eigenvalue weighted by atomic mass is 16.4. The van der Waals surface area contributed by atoms with Crippen molar-refractivity contribution in [1.29, 1.82) is 0 Å². The number of nitrogens with zero attached hydrogens (tertiary/aromatic N) is 1. The highest BCUT2D eigenvalue weighted by molar-refractivity contribution is 6.03. The molecule has 3 heteroatoms. The topological polar surface area (TPSA) is 52.8 Å². The number of aliphatic hydroxyl groups excluding tert-OH is 1. The fourth-order valence-electron chi connectivity index (χ4n) is 2.42. The molecule has 1 aromatic rings. The Morgan fingerprint density at radius 1 is 1.11 bits per heavy atom. The first-order valence-corrected chi connectivity index (χ1v) is 7.20. The zero-order valence-electron chi connectivity index (χ0n) is 11.9. The van der Waals surface area contributed by atoms with Crippen LogP contribution in [-0.2, 0) is 0 Å². The van der Waals surface area contributed by atoms with Gasteiger partial charge in [0.05, 0.1) is 0 Å². The van der Waals surface area contributed by atoms with Gasteiger partial charge in [-0.2, -0.15) is 0 Å². The van der Waals surface area contributed by atoms with Crippen LogP contribution < -0.4 is 0 Å². The van der Waals surface area contributed by atoms with E-state index < -0.39 is 6.10 Å². The van der Waals surface area contributed by atoms with Crippen LogP contribution >= 0.6 is 0 Å². The smallest absolute Gasteiger partial charge is 0.116 e. The van der Waals surface area contributed by atoms with Gasteiger partial charge in [-0.25, -0.2) is 0 Å². The van der Waals surface area contributed by atoms with Gasteiger partial charge >= 0.3 is 0 Å². The van der Waals surface area contributed by atoms with Crippen LogP contribution in [0.15, 0.2) is 35.5 Å². The lowest BCUT2D eigenvalue weighted by atomic mass is 9.87. The van der Waals surface area contributed by atoms with Crippen LogP contribution in [0.25, 0.3) is 0 Å². The third kappa shape index (κ3) is 4.67. The Bertz CT molecular complexity index is 376. The number of rotatable bonds is 8. The van der Waals surface area contributed by atoms with Crippen LogP contribution in [0, 0.1) is 5.92 Å². The van der Waals surface area contributed by atoms with Crippen LogP contribution in [-0.4, -0.2) is 22.1 Å². The van der Waals surface area contributed by atoms with Gasteiger partial charge < -0.3 is 10.3 Å². The first kappa shape index (κ1) is 15.7. The molecule has 2 atom stereocenters. The maximum absolute atomic E-state index is 10.5. The number of oxime groups is 1. The largest absolute Gasteiger partial charge is 0.411 e. The quantitative estimate of drug-likeness (QED) is 0.425. The van der Waals surface area contributed by atoms with Crippen LogP contribution in [0.2, 0.25) is 0 Å². The van der Waals surface area contributed by atoms with E-state index in [-0.39, 0.29) is 5.92 Å². The summed E-state index contributed by atoms with van der Waals surface area (Å²) in [5, 5.41) is 23.0. The van der Waals surface area contributed by atoms with Gasteiger partial charge in [-0.15, -0.1) is 0 Å². The number of hydrogen-bond acceptors (Lipinski definition) is 3. The average Bonchev–Trinajstić information content (AvgIpc) is 2.45. The summed E-state index contributed by atoms with van der Waals surface area (Å²) in [6.45, 7) is 4.26. The van der Waals surface area contributed by atoms with Crippen molar-refractivity contribution in [2.75, 3.05) is 0 Å². The molecule has 3 nitrogen and oxygen atoms in total. The molecule has 0 spiro atoms. The molecule has 0 radical (unpaired) electrons. The van der Waals surface area contributed by atoms with Crippen molar-refractivity contribution >= 4 is 5.71 Å². The number of unbranched alkanes of at least 4 members (excludes halogenated alkanes) is 1. The standard InChI is InChI=1S/C16H25NO2/c1-3-5-10-14(9-4-2)16(18)15(17-19)13-11-7-6-8-12-13/h6-8,11-12,14,16,18-19H,3-5,9-10H2,1-2H3. The predicted octanol–water partition coefficient (Wildman–Crippen LogP) is 3.83. The Morgan fingerprint density at radius 2 is 1.79 bits per heavy atom. The Kier molecular flexibility index (Phi) is 7.19. The van der Waals surface area contributed by atoms with E-state index in [9.17, 15) is 10.3 Å². The molecule has 0 saturated heterocycles. The van der Waals surface area contributed by atoms with E-state index in [2.05, 4.69) is 19.0 Å². The molecular weight excluding hydrogens is 238 g/mol. The van der Waals surface area contributed by atoms with Gasteiger partial charge in [-0.3, -0.25) is 0 Å². The van der Waals surface area contributed by atoms with Gasteiger partial charge in [0.15, 0.2) is 0 Å². The minimum atomic E-state index is -0.695. The monoisotopic (exact) mass is 263 g/mol. The number of hydrogen-bond donors (Lipinski definition) is 2. The fraction of sp³-hybridized carbons (Fsp3) is 0.562. The summed E-state index contributed by atoms with van der Waals surface area (Å²) in [5.74, 6) is 0.163. The lowest BCUT2D eigenvalue weighted by Gasteiger charge is -2.23. The Labute approximate surface area is 116 Å². The molecule has 1 aromatic carbocycles. The highest BCUT2D eigenvalue weighted by Crippen LogP contribution is 2.22. The third-order valence-corrected chi connectivity index (χ3v) is 3.49. The molecule has 0 fully saturated rings. The minimum absolute atomic E-state index is 0.163. The summed E-state index contributed by atoms with van der Waals surface area (Å²) < 4.78 is 0. The second kappa shape index (κ2) is 8.70. The number of benzene rings is 1. The molecule has 106 valence electrons. The van der Waals surface area contributed by atoms with E-state index in [1.165, 1.54) is 0 Å². The molecule has 0 aliphatic carbocycles. The van der Waals surface area contributed by atoms with Crippen molar-refractivity contribution in [3.63, 3.8) is 0 Å². The van der Waals surface area contributed by atoms with Crippen LogP contribution in [0.3, 0.4) is 0 Å². The highest BCUT2D eigenvalue weighted by Gasteiger charge is 2.24. The van der Waals surface area contributed by atoms with Gasteiger partial charge in [-0.1, -0.05) is 68.6 Å². The fourth-order valence-corrected chi connectivity index (χ4v) is 2.42. The molecule has 0 amide bonds. The van der Waals surface area contributed by atoms with Gasteiger partial charge in [0.1, 0.15) is 11.8 Å². The first-order valence-electron chi connectivity index (χ1n) is 7.20. The van der Waals surface area contributed by atoms with Crippen molar-refractivity contribution in [2.45, 2.75) is 52.1 Å². The molecule has 0 saturated carbocycles. The molecule has 0 aliphatic rings. The van der Waals surface area contributed by atoms with Crippen molar-refractivity contribution in [3.05, 3.63) is 35.9 Å². The molecule has 2 N–H and O–H groups in total. The van der Waals surface area contributed by atoms with Gasteiger partial charge in [0.2, 0.25) is 0 Å². The van der Waals surface area contributed by atoms with Crippen molar-refractivity contribution in [2.24, 2.45) is 11.1 Å². The molecule has 2 unspecified atom stereocenters. The second-order valence-corrected chi connectivity index (χ2v) is 4.99. The zero-order valence-corrected chi connectivity index (χ0v) is 11.9. The molecule has 1 rings (SSSR count). The Balaban J connectivity index is 2.83. The second-order valence-electron chi connectivity index (χ2n) is 4.99. The summed E-state index contributed by atoms with van der Waals surface area (Å²) in [7, 11) is 0. The predicted molar refractivity (Wildman–Crippen MR) is 78.7 cm³/mol. The minimum Gasteiger partial charge on any atom is -0.411 e. The number of aliphatic hydroxyl groups is 1. The van der Waals surface area contributed by atoms with E-state index in [1.54, 1.807) is 0 Å². The SMILES string of the molecule is CCCCC(CCC)C(O)C(=NO)c1ccccc1. The summed E-state index contributed by atoms with van der Waals surface area (Å²) >= 11 is 0. The van der Waals surface area contributed by atoms with E-state index in [0.29, 0.717) is 5.71 Å². The maximum Gasteiger partial charge on any atom is 0.116 e. The van der Waals surface area contributed by atoms with E-state index in [1.807, 2.05) is 30.3 Å². The lowest BCUT2D eigenvalue weighted by molar-refractivity contribution is 0.150. The molecular formula is C16H25NO2. The summed E-state index contributed by atoms with van der Waals surface area (Å²) in [6.07, 6.45) is 4.46. The summed E-state index contributed by atoms with van der Waals surface area (Å²) in [6, 6.07) is 9.40. The van der Waals surface area contributed by atoms with Gasteiger partial charge in [-0.05, 0) is 18.8 Å². The van der Waals surface area contributed by atoms with Gasteiger partial charge in [0.25, 0.3) is 0 Å². The molecule has 0 bridgehead atoms. The first-order chi connectivity index (χ1) is 9.24. The third-order valence-electron chi connectivity index (χ3n) is 3.49. The van der Waals surface area contributed by atoms with E-state index in [0.717, 1.165) is 37.7 Å². The summed E-state index contributed by atoms with van der Waals surface area (Å²) in [4.78, 5) is 0. The normalized spacial score (nSPS) is 15.2. The lowest BCUT2D eigenvalue weighted by Crippen LogP contribution is -2.30. The van der Waals surface area contributed by atoms with E-state index >= 15 is 0 Å². The van der Waals surface area contributed by atoms with Crippen molar-refractivity contribution < 1.29 is 10.3 Å². The van der Waals surface area contributed by atoms with Crippen molar-refractivity contribution in [3.8, 4) is 0 Å². The average molecular weight is 263 g/mol. The van der Waals surface area contributed by atoms with Crippen LogP contribution in [0.5, 0.6) is 0 Å². The Morgan fingerprint density at radius 3 is 2.32 bits per heavy atom. The van der Waals surface area contributed by atoms with Crippen LogP contribution in [0.1, 0.15) is 51.5 Å². The molecule has 19 heavy (non-hydrogen) atoms. The Hall–Kier alpha value is -1.35. The van der Waals surface area contributed by atoms with Crippen LogP contribution in [0.4, 0.5) is 0 Å². The molecule has 0 aromatic heterocycles. The zero-order chi connectivity index (χ0) is 14.1. The molecule has 0 heterocycles. The van der Waals surface area contributed by atoms with Gasteiger partial charge in [0, 0.05) is 5.56 Å². The van der Waals surface area contributed by atoms with Crippen molar-refractivity contribution in [1.82, 2.24) is 0 Å². The molecule has 0 aliphatic heterocycles. The van der Waals surface area contributed by atoms with E-state index in [4.69, 9.17) is 0 Å².